The molecule has 0 amide bonds. The van der Waals surface area contributed by atoms with Crippen LogP contribution in [0.3, 0.4) is 0 Å². The van der Waals surface area contributed by atoms with Crippen molar-refractivity contribution in [2.24, 2.45) is 5.41 Å². The molecule has 0 N–H and O–H groups in total. The first-order valence-electron chi connectivity index (χ1n) is 3.83. The Kier molecular flexibility index (Phi) is 1.67. The summed E-state index contributed by atoms with van der Waals surface area (Å²) < 4.78 is 2.22. The molecule has 10 heavy (non-hydrogen) atoms. The lowest BCUT2D eigenvalue weighted by atomic mass is 10.1. The van der Waals surface area contributed by atoms with Crippen molar-refractivity contribution < 1.29 is 4.58 Å². The molecule has 0 bridgehead atoms. The second kappa shape index (κ2) is 2.22. The summed E-state index contributed by atoms with van der Waals surface area (Å²) in [5.74, 6) is 0. The van der Waals surface area contributed by atoms with Crippen LogP contribution in [0.25, 0.3) is 0 Å². The Morgan fingerprint density at radius 2 is 2.30 bits per heavy atom. The molecule has 0 heterocycles. The van der Waals surface area contributed by atoms with Crippen LogP contribution < -0.4 is 0 Å². The zero-order valence-electron chi connectivity index (χ0n) is 7.15. The molecule has 1 unspecified atom stereocenters. The summed E-state index contributed by atoms with van der Waals surface area (Å²) in [6.45, 7) is 9.43. The molecular formula is C9H16N+. The Balaban J connectivity index is 2.61. The van der Waals surface area contributed by atoms with Gasteiger partial charge in [0.25, 0.3) is 0 Å². The van der Waals surface area contributed by atoms with Gasteiger partial charge in [-0.1, -0.05) is 12.2 Å². The van der Waals surface area contributed by atoms with E-state index in [1.807, 2.05) is 0 Å². The molecule has 1 atom stereocenters. The summed E-state index contributed by atoms with van der Waals surface area (Å²) >= 11 is 0. The van der Waals surface area contributed by atoms with Gasteiger partial charge >= 0.3 is 0 Å². The Bertz CT molecular complexity index is 191. The zero-order chi connectivity index (χ0) is 7.78. The number of rotatable bonds is 2. The predicted molar refractivity (Wildman–Crippen MR) is 44.7 cm³/mol. The lowest BCUT2D eigenvalue weighted by Crippen LogP contribution is -2.11. The van der Waals surface area contributed by atoms with Crippen LogP contribution in [0.15, 0.2) is 12.2 Å². The van der Waals surface area contributed by atoms with Gasteiger partial charge in [0.2, 0.25) is 0 Å². The van der Waals surface area contributed by atoms with Gasteiger partial charge in [0.1, 0.15) is 19.8 Å². The van der Waals surface area contributed by atoms with Crippen LogP contribution in [0.1, 0.15) is 20.3 Å². The molecule has 0 aromatic carbocycles. The number of nitrogens with zero attached hydrogens (tertiary/aromatic N) is 1. The lowest BCUT2D eigenvalue weighted by Gasteiger charge is -1.96. The first kappa shape index (κ1) is 7.52. The molecule has 1 nitrogen and oxygen atoms in total. The second-order valence-corrected chi connectivity index (χ2v) is 3.40. The molecule has 0 aromatic heterocycles. The van der Waals surface area contributed by atoms with Crippen LogP contribution >= 0.6 is 0 Å². The van der Waals surface area contributed by atoms with E-state index in [1.54, 1.807) is 0 Å². The van der Waals surface area contributed by atoms with Crippen LogP contribution in [-0.4, -0.2) is 24.4 Å². The normalized spacial score (nSPS) is 32.7. The minimum absolute atomic E-state index is 0.338. The summed E-state index contributed by atoms with van der Waals surface area (Å²) in [5, 5.41) is 0. The van der Waals surface area contributed by atoms with Gasteiger partial charge in [-0.15, -0.1) is 0 Å². The monoisotopic (exact) mass is 138 g/mol. The van der Waals surface area contributed by atoms with Crippen LogP contribution in [-0.2, 0) is 0 Å². The average molecular weight is 138 g/mol. The highest BCUT2D eigenvalue weighted by molar-refractivity contribution is 5.72. The van der Waals surface area contributed by atoms with Gasteiger partial charge in [-0.05, 0) is 20.3 Å². The molecule has 0 radical (unpaired) electrons. The number of allylic oxidation sites excluding steroid dienone is 1. The van der Waals surface area contributed by atoms with Gasteiger partial charge in [-0.25, -0.2) is 4.58 Å². The van der Waals surface area contributed by atoms with E-state index in [9.17, 15) is 0 Å². The summed E-state index contributed by atoms with van der Waals surface area (Å²) in [7, 11) is 2.11. The first-order valence-corrected chi connectivity index (χ1v) is 3.83. The van der Waals surface area contributed by atoms with E-state index in [4.69, 9.17) is 0 Å². The molecule has 1 saturated carbocycles. The zero-order valence-corrected chi connectivity index (χ0v) is 7.15. The van der Waals surface area contributed by atoms with Gasteiger partial charge in [0, 0.05) is 0 Å². The van der Waals surface area contributed by atoms with Gasteiger partial charge in [-0.2, -0.15) is 0 Å². The minimum Gasteiger partial charge on any atom is -0.242 e. The fourth-order valence-corrected chi connectivity index (χ4v) is 1.11. The van der Waals surface area contributed by atoms with Gasteiger partial charge in [0.15, 0.2) is 0 Å². The number of hydrogen-bond donors (Lipinski definition) is 0. The van der Waals surface area contributed by atoms with E-state index in [1.165, 1.54) is 12.0 Å². The van der Waals surface area contributed by atoms with E-state index in [2.05, 4.69) is 38.3 Å². The second-order valence-electron chi connectivity index (χ2n) is 3.40. The topological polar surface area (TPSA) is 3.01 Å². The Hall–Kier alpha value is -0.590. The molecule has 0 spiro atoms. The molecule has 56 valence electrons. The fourth-order valence-electron chi connectivity index (χ4n) is 1.11. The Labute approximate surface area is 63.1 Å². The summed E-state index contributed by atoms with van der Waals surface area (Å²) in [5.41, 5.74) is 1.71. The summed E-state index contributed by atoms with van der Waals surface area (Å²) in [4.78, 5) is 0. The number of hydrogen-bond acceptors (Lipinski definition) is 0. The third-order valence-electron chi connectivity index (χ3n) is 2.27. The maximum atomic E-state index is 3.95. The Morgan fingerprint density at radius 3 is 2.60 bits per heavy atom. The van der Waals surface area contributed by atoms with Crippen LogP contribution in [0.4, 0.5) is 0 Å². The molecule has 0 aliphatic heterocycles. The third-order valence-corrected chi connectivity index (χ3v) is 2.27. The predicted octanol–water partition coefficient (Wildman–Crippen LogP) is 1.69. The van der Waals surface area contributed by atoms with Crippen LogP contribution in [0.5, 0.6) is 0 Å². The van der Waals surface area contributed by atoms with Crippen molar-refractivity contribution in [1.82, 2.24) is 0 Å². The largest absolute Gasteiger partial charge is 0.242 e. The molecule has 0 saturated heterocycles. The molecule has 1 aliphatic rings. The Morgan fingerprint density at radius 1 is 1.80 bits per heavy atom. The van der Waals surface area contributed by atoms with Crippen LogP contribution in [0.2, 0.25) is 0 Å². The molecule has 1 rings (SSSR count). The quantitative estimate of drug-likeness (QED) is 0.310. The van der Waals surface area contributed by atoms with Crippen molar-refractivity contribution >= 4 is 6.21 Å². The molecular weight excluding hydrogens is 122 g/mol. The van der Waals surface area contributed by atoms with E-state index in [0.717, 1.165) is 6.54 Å². The van der Waals surface area contributed by atoms with Gasteiger partial charge in [-0.3, -0.25) is 0 Å². The van der Waals surface area contributed by atoms with Crippen molar-refractivity contribution in [2.45, 2.75) is 20.3 Å². The van der Waals surface area contributed by atoms with Gasteiger partial charge in [0.05, 0.1) is 5.41 Å². The van der Waals surface area contributed by atoms with Crippen molar-refractivity contribution in [2.75, 3.05) is 13.6 Å². The highest BCUT2D eigenvalue weighted by atomic mass is 15.0. The minimum atomic E-state index is 0.338. The summed E-state index contributed by atoms with van der Waals surface area (Å²) in [6, 6.07) is 0. The van der Waals surface area contributed by atoms with Crippen molar-refractivity contribution in [3.8, 4) is 0 Å². The highest BCUT2D eigenvalue weighted by Crippen LogP contribution is 2.48. The smallest absolute Gasteiger partial charge is 0.149 e. The third kappa shape index (κ3) is 1.28. The maximum absolute atomic E-state index is 3.95. The van der Waals surface area contributed by atoms with E-state index in [0.29, 0.717) is 5.41 Å². The molecule has 1 heteroatoms. The van der Waals surface area contributed by atoms with E-state index < -0.39 is 0 Å². The van der Waals surface area contributed by atoms with E-state index in [-0.39, 0.29) is 0 Å². The highest BCUT2D eigenvalue weighted by Gasteiger charge is 2.44. The van der Waals surface area contributed by atoms with Crippen molar-refractivity contribution in [3.05, 3.63) is 12.2 Å². The molecule has 0 aromatic rings. The average Bonchev–Trinajstić information content (AvgIpc) is 2.40. The fraction of sp³-hybridized carbons (Fsp3) is 0.667. The molecule has 1 aliphatic carbocycles. The summed E-state index contributed by atoms with van der Waals surface area (Å²) in [6.07, 6.45) is 3.45. The van der Waals surface area contributed by atoms with Crippen LogP contribution in [0, 0.1) is 5.41 Å². The van der Waals surface area contributed by atoms with E-state index >= 15 is 0 Å². The lowest BCUT2D eigenvalue weighted by molar-refractivity contribution is -0.491. The van der Waals surface area contributed by atoms with Crippen molar-refractivity contribution in [1.29, 1.82) is 0 Å². The molecule has 1 fully saturated rings. The first-order chi connectivity index (χ1) is 4.58. The van der Waals surface area contributed by atoms with Gasteiger partial charge < -0.3 is 0 Å². The standard InChI is InChI=1S/C9H16N/c1-5-10(4)7-9(3)6-8(9)2/h7H,2,5-6H2,1,3-4H3/q+1. The van der Waals surface area contributed by atoms with Crippen molar-refractivity contribution in [3.63, 3.8) is 0 Å². The maximum Gasteiger partial charge on any atom is 0.149 e. The SMILES string of the molecule is C=C1CC1(C)C=[N+](C)CC.